The Balaban J connectivity index is 2.19. The zero-order valence-corrected chi connectivity index (χ0v) is 12.7. The van der Waals surface area contributed by atoms with E-state index in [1.54, 1.807) is 10.8 Å². The van der Waals surface area contributed by atoms with E-state index in [4.69, 9.17) is 4.74 Å². The van der Waals surface area contributed by atoms with Gasteiger partial charge in [-0.15, -0.1) is 0 Å². The van der Waals surface area contributed by atoms with Crippen molar-refractivity contribution in [1.29, 1.82) is 0 Å². The van der Waals surface area contributed by atoms with Gasteiger partial charge in [0.15, 0.2) is 0 Å². The predicted molar refractivity (Wildman–Crippen MR) is 82.6 cm³/mol. The second-order valence-electron chi connectivity index (χ2n) is 4.91. The molecule has 2 aromatic rings. The molecule has 1 aromatic carbocycles. The molecule has 0 amide bonds. The van der Waals surface area contributed by atoms with Crippen molar-refractivity contribution in [3.8, 4) is 5.75 Å². The summed E-state index contributed by atoms with van der Waals surface area (Å²) in [6, 6.07) is 7.96. The minimum Gasteiger partial charge on any atom is -0.494 e. The molecule has 1 N–H and O–H groups in total. The number of nitrogens with zero attached hydrogens (tertiary/aromatic N) is 2. The van der Waals surface area contributed by atoms with Gasteiger partial charge in [-0.25, -0.2) is 9.78 Å². The Bertz CT molecular complexity index is 635. The van der Waals surface area contributed by atoms with Gasteiger partial charge in [0.25, 0.3) is 0 Å². The van der Waals surface area contributed by atoms with Gasteiger partial charge in [0.05, 0.1) is 12.6 Å². The molecule has 112 valence electrons. The topological polar surface area (TPSA) is 56.2 Å². The van der Waals surface area contributed by atoms with Crippen molar-refractivity contribution >= 4 is 0 Å². The van der Waals surface area contributed by atoms with Gasteiger partial charge < -0.3 is 10.1 Å². The maximum absolute atomic E-state index is 11.8. The number of benzene rings is 1. The van der Waals surface area contributed by atoms with Crippen LogP contribution in [0.2, 0.25) is 0 Å². The average Bonchev–Trinajstić information content (AvgIpc) is 2.49. The molecule has 0 saturated carbocycles. The van der Waals surface area contributed by atoms with Crippen LogP contribution in [-0.2, 0) is 6.54 Å². The summed E-state index contributed by atoms with van der Waals surface area (Å²) in [7, 11) is 1.88. The molecule has 5 heteroatoms. The van der Waals surface area contributed by atoms with E-state index in [0.29, 0.717) is 13.2 Å². The number of rotatable bonds is 6. The first-order chi connectivity index (χ1) is 10.1. The van der Waals surface area contributed by atoms with Gasteiger partial charge in [0.2, 0.25) is 0 Å². The zero-order chi connectivity index (χ0) is 15.2. The van der Waals surface area contributed by atoms with Crippen LogP contribution in [0.1, 0.15) is 24.1 Å². The molecule has 0 aliphatic heterocycles. The maximum atomic E-state index is 11.8. The number of aromatic nitrogens is 2. The number of hydrogen-bond donors (Lipinski definition) is 1. The minimum atomic E-state index is -0.230. The Morgan fingerprint density at radius 1 is 1.33 bits per heavy atom. The quantitative estimate of drug-likeness (QED) is 0.882. The summed E-state index contributed by atoms with van der Waals surface area (Å²) in [5.41, 5.74) is 1.84. The number of likely N-dealkylation sites (N-methyl/N-ethyl adjacent to an activating group) is 1. The smallest absolute Gasteiger partial charge is 0.347 e. The lowest BCUT2D eigenvalue weighted by Crippen LogP contribution is -2.29. The number of aryl methyl sites for hydroxylation is 1. The van der Waals surface area contributed by atoms with E-state index in [1.165, 1.54) is 0 Å². The third-order valence-corrected chi connectivity index (χ3v) is 3.31. The van der Waals surface area contributed by atoms with E-state index in [2.05, 4.69) is 10.3 Å². The number of hydrogen-bond acceptors (Lipinski definition) is 4. The maximum Gasteiger partial charge on any atom is 0.347 e. The fourth-order valence-corrected chi connectivity index (χ4v) is 2.22. The first-order valence-electron chi connectivity index (χ1n) is 7.07. The van der Waals surface area contributed by atoms with Gasteiger partial charge in [0, 0.05) is 18.9 Å². The van der Waals surface area contributed by atoms with Crippen LogP contribution in [0, 0.1) is 6.92 Å². The second-order valence-corrected chi connectivity index (χ2v) is 4.91. The standard InChI is InChI=1S/C16H21N3O2/c1-4-21-14-7-5-13(6-8-14)15(17-3)11-19-10-12(2)9-18-16(19)20/h5-10,15,17H,4,11H2,1-3H3. The SMILES string of the molecule is CCOc1ccc(C(Cn2cc(C)cnc2=O)NC)cc1. The molecule has 2 rings (SSSR count). The molecular formula is C16H21N3O2. The first-order valence-corrected chi connectivity index (χ1v) is 7.07. The summed E-state index contributed by atoms with van der Waals surface area (Å²) in [5.74, 6) is 0.852. The lowest BCUT2D eigenvalue weighted by Gasteiger charge is -2.18. The molecule has 1 aromatic heterocycles. The van der Waals surface area contributed by atoms with Crippen molar-refractivity contribution in [3.05, 3.63) is 58.3 Å². The third-order valence-electron chi connectivity index (χ3n) is 3.31. The monoisotopic (exact) mass is 287 g/mol. The number of nitrogens with one attached hydrogen (secondary N) is 1. The highest BCUT2D eigenvalue weighted by Gasteiger charge is 2.11. The predicted octanol–water partition coefficient (Wildman–Crippen LogP) is 1.91. The molecule has 0 aliphatic carbocycles. The third kappa shape index (κ3) is 3.92. The molecule has 0 aliphatic rings. The summed E-state index contributed by atoms with van der Waals surface area (Å²) in [5, 5.41) is 3.24. The average molecular weight is 287 g/mol. The van der Waals surface area contributed by atoms with E-state index in [0.717, 1.165) is 16.9 Å². The summed E-state index contributed by atoms with van der Waals surface area (Å²) in [6.07, 6.45) is 3.42. The summed E-state index contributed by atoms with van der Waals surface area (Å²) >= 11 is 0. The van der Waals surface area contributed by atoms with Gasteiger partial charge in [-0.3, -0.25) is 4.57 Å². The molecule has 1 unspecified atom stereocenters. The van der Waals surface area contributed by atoms with E-state index < -0.39 is 0 Å². The van der Waals surface area contributed by atoms with Gasteiger partial charge in [-0.1, -0.05) is 12.1 Å². The van der Waals surface area contributed by atoms with Crippen molar-refractivity contribution in [2.75, 3.05) is 13.7 Å². The van der Waals surface area contributed by atoms with Gasteiger partial charge in [0.1, 0.15) is 5.75 Å². The van der Waals surface area contributed by atoms with Crippen molar-refractivity contribution in [2.24, 2.45) is 0 Å². The summed E-state index contributed by atoms with van der Waals surface area (Å²) < 4.78 is 7.07. The fourth-order valence-electron chi connectivity index (χ4n) is 2.22. The first kappa shape index (κ1) is 15.3. The number of ether oxygens (including phenoxy) is 1. The molecule has 0 spiro atoms. The van der Waals surface area contributed by atoms with Crippen molar-refractivity contribution < 1.29 is 4.74 Å². The van der Waals surface area contributed by atoms with Crippen molar-refractivity contribution in [3.63, 3.8) is 0 Å². The molecule has 1 heterocycles. The molecule has 5 nitrogen and oxygen atoms in total. The zero-order valence-electron chi connectivity index (χ0n) is 12.7. The Hall–Kier alpha value is -2.14. The Morgan fingerprint density at radius 2 is 2.05 bits per heavy atom. The van der Waals surface area contributed by atoms with Crippen LogP contribution in [0.5, 0.6) is 5.75 Å². The van der Waals surface area contributed by atoms with Crippen LogP contribution in [0.25, 0.3) is 0 Å². The molecule has 0 fully saturated rings. The van der Waals surface area contributed by atoms with Crippen LogP contribution in [0.4, 0.5) is 0 Å². The lowest BCUT2D eigenvalue weighted by atomic mass is 10.1. The summed E-state index contributed by atoms with van der Waals surface area (Å²) in [6.45, 7) is 5.08. The van der Waals surface area contributed by atoms with E-state index >= 15 is 0 Å². The highest BCUT2D eigenvalue weighted by Crippen LogP contribution is 2.18. The van der Waals surface area contributed by atoms with Gasteiger partial charge in [-0.2, -0.15) is 0 Å². The Kier molecular flexibility index (Phi) is 5.11. The fraction of sp³-hybridized carbons (Fsp3) is 0.375. The van der Waals surface area contributed by atoms with Crippen molar-refractivity contribution in [1.82, 2.24) is 14.9 Å². The minimum absolute atomic E-state index is 0.0435. The molecule has 0 radical (unpaired) electrons. The van der Waals surface area contributed by atoms with Crippen LogP contribution in [-0.4, -0.2) is 23.2 Å². The Labute approximate surface area is 124 Å². The van der Waals surface area contributed by atoms with Crippen molar-refractivity contribution in [2.45, 2.75) is 26.4 Å². The van der Waals surface area contributed by atoms with E-state index in [1.807, 2.05) is 51.4 Å². The van der Waals surface area contributed by atoms with Gasteiger partial charge in [-0.05, 0) is 44.2 Å². The largest absolute Gasteiger partial charge is 0.494 e. The van der Waals surface area contributed by atoms with E-state index in [-0.39, 0.29) is 11.7 Å². The van der Waals surface area contributed by atoms with Crippen LogP contribution in [0.3, 0.4) is 0 Å². The van der Waals surface area contributed by atoms with E-state index in [9.17, 15) is 4.79 Å². The Morgan fingerprint density at radius 3 is 2.67 bits per heavy atom. The molecule has 1 atom stereocenters. The second kappa shape index (κ2) is 7.04. The molecule has 0 bridgehead atoms. The molecular weight excluding hydrogens is 266 g/mol. The van der Waals surface area contributed by atoms with Crippen LogP contribution >= 0.6 is 0 Å². The highest BCUT2D eigenvalue weighted by molar-refractivity contribution is 5.29. The normalized spacial score (nSPS) is 12.1. The summed E-state index contributed by atoms with van der Waals surface area (Å²) in [4.78, 5) is 15.7. The van der Waals surface area contributed by atoms with Crippen LogP contribution < -0.4 is 15.7 Å². The molecule has 0 saturated heterocycles. The highest BCUT2D eigenvalue weighted by atomic mass is 16.5. The lowest BCUT2D eigenvalue weighted by molar-refractivity contribution is 0.340. The molecule has 21 heavy (non-hydrogen) atoms. The van der Waals surface area contributed by atoms with Crippen LogP contribution in [0.15, 0.2) is 41.5 Å². The van der Waals surface area contributed by atoms with Gasteiger partial charge >= 0.3 is 5.69 Å².